The Labute approximate surface area is 181 Å². The smallest absolute Gasteiger partial charge is 0.425 e. The molecule has 0 saturated carbocycles. The molecular weight excluding hydrogens is 429 g/mol. The van der Waals surface area contributed by atoms with Crippen LogP contribution in [-0.4, -0.2) is 63.0 Å². The highest BCUT2D eigenvalue weighted by molar-refractivity contribution is 5.77. The lowest BCUT2D eigenvalue weighted by Crippen LogP contribution is -2.32. The maximum absolute atomic E-state index is 13.1. The van der Waals surface area contributed by atoms with Crippen molar-refractivity contribution in [2.75, 3.05) is 31.7 Å². The molecule has 2 aliphatic heterocycles. The Morgan fingerprint density at radius 2 is 2.00 bits per heavy atom. The van der Waals surface area contributed by atoms with Gasteiger partial charge in [0, 0.05) is 23.7 Å². The molecule has 32 heavy (non-hydrogen) atoms. The fourth-order valence-electron chi connectivity index (χ4n) is 3.74. The summed E-state index contributed by atoms with van der Waals surface area (Å²) in [4.78, 5) is 8.92. The van der Waals surface area contributed by atoms with E-state index in [9.17, 15) is 13.2 Å². The highest BCUT2D eigenvalue weighted by Crippen LogP contribution is 2.33. The summed E-state index contributed by atoms with van der Waals surface area (Å²) < 4.78 is 58.7. The third-order valence-electron chi connectivity index (χ3n) is 5.83. The molecule has 0 bridgehead atoms. The fraction of sp³-hybridized carbons (Fsp3) is 0.550. The number of ether oxygens (including phenoxy) is 3. The van der Waals surface area contributed by atoms with Crippen molar-refractivity contribution in [1.82, 2.24) is 24.3 Å². The van der Waals surface area contributed by atoms with Crippen molar-refractivity contribution in [1.29, 1.82) is 0 Å². The van der Waals surface area contributed by atoms with Crippen LogP contribution in [0.2, 0.25) is 0 Å². The molecule has 5 rings (SSSR count). The third kappa shape index (κ3) is 3.88. The molecule has 2 fully saturated rings. The van der Waals surface area contributed by atoms with Crippen LogP contribution in [0.3, 0.4) is 0 Å². The normalized spacial score (nSPS) is 22.8. The van der Waals surface area contributed by atoms with Gasteiger partial charge in [0.2, 0.25) is 5.95 Å². The minimum atomic E-state index is -4.52. The fourth-order valence-corrected chi connectivity index (χ4v) is 3.74. The summed E-state index contributed by atoms with van der Waals surface area (Å²) in [6, 6.07) is 2.03. The SMILES string of the molecule is C[C@H]1COC[C@@H]1n1ccc2cnc(Nc3cn(C4COC4)nc3O[C@H](C)C(F)(F)F)nc21. The molecule has 9 nitrogen and oxygen atoms in total. The average molecular weight is 452 g/mol. The number of nitrogens with one attached hydrogen (secondary N) is 1. The van der Waals surface area contributed by atoms with Crippen molar-refractivity contribution >= 4 is 22.7 Å². The highest BCUT2D eigenvalue weighted by Gasteiger charge is 2.39. The van der Waals surface area contributed by atoms with E-state index < -0.39 is 12.3 Å². The second-order valence-corrected chi connectivity index (χ2v) is 8.22. The van der Waals surface area contributed by atoms with Gasteiger partial charge in [0.15, 0.2) is 6.10 Å². The van der Waals surface area contributed by atoms with Crippen LogP contribution in [0.4, 0.5) is 24.8 Å². The maximum Gasteiger partial charge on any atom is 0.425 e. The van der Waals surface area contributed by atoms with Crippen LogP contribution in [0.25, 0.3) is 11.0 Å². The lowest BCUT2D eigenvalue weighted by Gasteiger charge is -2.25. The number of aromatic nitrogens is 5. The van der Waals surface area contributed by atoms with Crippen molar-refractivity contribution in [3.05, 3.63) is 24.7 Å². The Morgan fingerprint density at radius 1 is 1.22 bits per heavy atom. The van der Waals surface area contributed by atoms with Crippen LogP contribution < -0.4 is 10.1 Å². The zero-order chi connectivity index (χ0) is 22.5. The van der Waals surface area contributed by atoms with E-state index in [1.807, 2.05) is 12.3 Å². The molecule has 2 saturated heterocycles. The standard InChI is InChI=1S/C20H23F3N6O3/c1-11-7-30-10-16(11)28-4-3-13-5-24-19(26-17(13)28)25-15-6-29(14-8-31-9-14)27-18(15)32-12(2)20(21,22)23/h3-6,11-12,14,16H,7-10H2,1-2H3,(H,24,25,26)/t11-,12+,16-/m0/s1. The van der Waals surface area contributed by atoms with E-state index in [4.69, 9.17) is 14.2 Å². The zero-order valence-electron chi connectivity index (χ0n) is 17.5. The van der Waals surface area contributed by atoms with Gasteiger partial charge in [0.1, 0.15) is 11.3 Å². The minimum Gasteiger partial charge on any atom is -0.462 e. The van der Waals surface area contributed by atoms with E-state index in [-0.39, 0.29) is 29.6 Å². The van der Waals surface area contributed by atoms with Crippen molar-refractivity contribution in [3.8, 4) is 5.88 Å². The number of hydrogen-bond acceptors (Lipinski definition) is 7. The van der Waals surface area contributed by atoms with Gasteiger partial charge >= 0.3 is 6.18 Å². The van der Waals surface area contributed by atoms with Crippen LogP contribution in [-0.2, 0) is 9.47 Å². The summed E-state index contributed by atoms with van der Waals surface area (Å²) >= 11 is 0. The molecule has 3 aromatic heterocycles. The first-order chi connectivity index (χ1) is 15.3. The molecule has 0 aromatic carbocycles. The molecule has 5 heterocycles. The molecule has 0 aliphatic carbocycles. The van der Waals surface area contributed by atoms with Gasteiger partial charge in [-0.1, -0.05) is 6.92 Å². The molecule has 3 aromatic rings. The topological polar surface area (TPSA) is 88.2 Å². The second kappa shape index (κ2) is 7.93. The molecule has 12 heteroatoms. The monoisotopic (exact) mass is 452 g/mol. The van der Waals surface area contributed by atoms with E-state index in [0.29, 0.717) is 32.3 Å². The Bertz CT molecular complexity index is 1110. The first-order valence-electron chi connectivity index (χ1n) is 10.4. The number of nitrogens with zero attached hydrogens (tertiary/aromatic N) is 5. The largest absolute Gasteiger partial charge is 0.462 e. The van der Waals surface area contributed by atoms with Crippen molar-refractivity contribution in [2.45, 2.75) is 38.2 Å². The van der Waals surface area contributed by atoms with E-state index >= 15 is 0 Å². The molecule has 0 amide bonds. The Balaban J connectivity index is 1.45. The maximum atomic E-state index is 13.1. The van der Waals surface area contributed by atoms with Crippen LogP contribution >= 0.6 is 0 Å². The summed E-state index contributed by atoms with van der Waals surface area (Å²) in [6.07, 6.45) is -1.33. The van der Waals surface area contributed by atoms with Crippen LogP contribution in [0.5, 0.6) is 5.88 Å². The molecule has 172 valence electrons. The van der Waals surface area contributed by atoms with Gasteiger partial charge in [-0.25, -0.2) is 4.98 Å². The molecule has 1 N–H and O–H groups in total. The van der Waals surface area contributed by atoms with Crippen LogP contribution in [0, 0.1) is 5.92 Å². The van der Waals surface area contributed by atoms with E-state index in [1.165, 1.54) is 0 Å². The quantitative estimate of drug-likeness (QED) is 0.613. The number of alkyl halides is 3. The van der Waals surface area contributed by atoms with E-state index in [0.717, 1.165) is 18.0 Å². The molecule has 0 unspecified atom stereocenters. The zero-order valence-corrected chi connectivity index (χ0v) is 17.5. The Kier molecular flexibility index (Phi) is 5.20. The molecule has 0 radical (unpaired) electrons. The number of hydrogen-bond donors (Lipinski definition) is 1. The summed E-state index contributed by atoms with van der Waals surface area (Å²) in [5.41, 5.74) is 0.971. The lowest BCUT2D eigenvalue weighted by molar-refractivity contribution is -0.189. The molecular formula is C20H23F3N6O3. The van der Waals surface area contributed by atoms with Gasteiger partial charge in [-0.05, 0) is 13.0 Å². The number of anilines is 2. The summed E-state index contributed by atoms with van der Waals surface area (Å²) in [5.74, 6) is 0.403. The predicted molar refractivity (Wildman–Crippen MR) is 108 cm³/mol. The van der Waals surface area contributed by atoms with Gasteiger partial charge in [-0.2, -0.15) is 18.2 Å². The number of halogens is 3. The third-order valence-corrected chi connectivity index (χ3v) is 5.83. The summed E-state index contributed by atoms with van der Waals surface area (Å²) in [7, 11) is 0. The predicted octanol–water partition coefficient (Wildman–Crippen LogP) is 3.48. The van der Waals surface area contributed by atoms with Gasteiger partial charge < -0.3 is 24.1 Å². The van der Waals surface area contributed by atoms with E-state index in [1.54, 1.807) is 17.1 Å². The lowest BCUT2D eigenvalue weighted by atomic mass is 10.1. The van der Waals surface area contributed by atoms with Crippen molar-refractivity contribution in [2.24, 2.45) is 5.92 Å². The first kappa shape index (κ1) is 21.0. The van der Waals surface area contributed by atoms with Crippen LogP contribution in [0.15, 0.2) is 24.7 Å². The van der Waals surface area contributed by atoms with E-state index in [2.05, 4.69) is 31.9 Å². The Hall–Kier alpha value is -2.86. The number of rotatable bonds is 6. The molecule has 2 aliphatic rings. The summed E-state index contributed by atoms with van der Waals surface area (Å²) in [6.45, 7) is 5.22. The average Bonchev–Trinajstić information content (AvgIpc) is 3.39. The summed E-state index contributed by atoms with van der Waals surface area (Å²) in [5, 5.41) is 8.04. The highest BCUT2D eigenvalue weighted by atomic mass is 19.4. The van der Waals surface area contributed by atoms with Gasteiger partial charge in [0.25, 0.3) is 5.88 Å². The van der Waals surface area contributed by atoms with Gasteiger partial charge in [-0.3, -0.25) is 4.68 Å². The molecule has 0 spiro atoms. The van der Waals surface area contributed by atoms with Crippen molar-refractivity contribution < 1.29 is 27.4 Å². The van der Waals surface area contributed by atoms with Gasteiger partial charge in [0.05, 0.1) is 44.7 Å². The first-order valence-corrected chi connectivity index (χ1v) is 10.4. The van der Waals surface area contributed by atoms with Gasteiger partial charge in [-0.15, -0.1) is 5.10 Å². The Morgan fingerprint density at radius 3 is 2.66 bits per heavy atom. The minimum absolute atomic E-state index is 0.0569. The molecule has 3 atom stereocenters. The van der Waals surface area contributed by atoms with Crippen LogP contribution in [0.1, 0.15) is 25.9 Å². The number of fused-ring (bicyclic) bond motifs is 1. The second-order valence-electron chi connectivity index (χ2n) is 8.22. The van der Waals surface area contributed by atoms with Crippen molar-refractivity contribution in [3.63, 3.8) is 0 Å².